The van der Waals surface area contributed by atoms with Gasteiger partial charge in [0.15, 0.2) is 0 Å². The van der Waals surface area contributed by atoms with Gasteiger partial charge in [-0.2, -0.15) is 5.26 Å². The molecule has 0 atom stereocenters. The lowest BCUT2D eigenvalue weighted by atomic mass is 10.1. The van der Waals surface area contributed by atoms with E-state index in [4.69, 9.17) is 5.26 Å². The van der Waals surface area contributed by atoms with Crippen LogP contribution in [0.15, 0.2) is 11.6 Å². The second kappa shape index (κ2) is 7.81. The molecule has 2 heteroatoms. The number of allylic oxidation sites excluding steroid dienone is 2. The summed E-state index contributed by atoms with van der Waals surface area (Å²) >= 11 is 3.25. The molecule has 0 aromatic carbocycles. The Morgan fingerprint density at radius 2 is 2.27 bits per heavy atom. The van der Waals surface area contributed by atoms with Crippen molar-refractivity contribution in [1.29, 1.82) is 5.26 Å². The van der Waals surface area contributed by atoms with Crippen LogP contribution in [0.5, 0.6) is 0 Å². The van der Waals surface area contributed by atoms with Crippen molar-refractivity contribution >= 4 is 15.9 Å². The van der Waals surface area contributed by atoms with E-state index in [1.54, 1.807) is 0 Å². The highest BCUT2D eigenvalue weighted by atomic mass is 79.9. The van der Waals surface area contributed by atoms with Crippen LogP contribution in [0.3, 0.4) is 0 Å². The Bertz CT molecular complexity index is 155. The van der Waals surface area contributed by atoms with Gasteiger partial charge in [0.25, 0.3) is 0 Å². The summed E-state index contributed by atoms with van der Waals surface area (Å²) in [5, 5.41) is 9.22. The Kier molecular flexibility index (Phi) is 7.61. The fraction of sp³-hybridized carbons (Fsp3) is 0.667. The molecule has 0 fully saturated rings. The van der Waals surface area contributed by atoms with E-state index >= 15 is 0 Å². The van der Waals surface area contributed by atoms with Crippen LogP contribution in [0.1, 0.15) is 32.6 Å². The predicted molar refractivity (Wildman–Crippen MR) is 51.6 cm³/mol. The first kappa shape index (κ1) is 10.7. The zero-order valence-electron chi connectivity index (χ0n) is 6.94. The fourth-order valence-corrected chi connectivity index (χ4v) is 1.16. The van der Waals surface area contributed by atoms with Crippen molar-refractivity contribution < 1.29 is 0 Å². The SMILES string of the molecule is CCCCCC=C(C#N)CBr. The first-order chi connectivity index (χ1) is 5.35. The van der Waals surface area contributed by atoms with Gasteiger partial charge in [-0.3, -0.25) is 0 Å². The van der Waals surface area contributed by atoms with Crippen molar-refractivity contribution in [2.24, 2.45) is 0 Å². The van der Waals surface area contributed by atoms with E-state index in [1.165, 1.54) is 19.3 Å². The Balaban J connectivity index is 3.47. The summed E-state index contributed by atoms with van der Waals surface area (Å²) in [5.74, 6) is 0. The number of unbranched alkanes of at least 4 members (excludes halogenated alkanes) is 3. The molecule has 0 N–H and O–H groups in total. The summed E-state index contributed by atoms with van der Waals surface area (Å²) in [6, 6.07) is 2.14. The van der Waals surface area contributed by atoms with Gasteiger partial charge in [0.1, 0.15) is 0 Å². The van der Waals surface area contributed by atoms with Crippen LogP contribution in [0.2, 0.25) is 0 Å². The number of hydrogen-bond acceptors (Lipinski definition) is 1. The molecule has 11 heavy (non-hydrogen) atoms. The van der Waals surface area contributed by atoms with Crippen LogP contribution in [0, 0.1) is 11.3 Å². The van der Waals surface area contributed by atoms with Gasteiger partial charge in [-0.1, -0.05) is 41.8 Å². The Hall–Kier alpha value is -0.290. The minimum Gasteiger partial charge on any atom is -0.193 e. The quantitative estimate of drug-likeness (QED) is 0.392. The van der Waals surface area contributed by atoms with E-state index in [1.807, 2.05) is 6.08 Å². The van der Waals surface area contributed by atoms with Crippen molar-refractivity contribution in [3.05, 3.63) is 11.6 Å². The summed E-state index contributed by atoms with van der Waals surface area (Å²) in [6.07, 6.45) is 6.77. The average Bonchev–Trinajstić information content (AvgIpc) is 2.05. The second-order valence-corrected chi connectivity index (χ2v) is 3.03. The molecule has 0 aromatic heterocycles. The second-order valence-electron chi connectivity index (χ2n) is 2.47. The van der Waals surface area contributed by atoms with E-state index in [0.717, 1.165) is 12.0 Å². The number of halogens is 1. The highest BCUT2D eigenvalue weighted by molar-refractivity contribution is 9.09. The lowest BCUT2D eigenvalue weighted by Crippen LogP contribution is -1.79. The zero-order valence-corrected chi connectivity index (χ0v) is 8.52. The molecule has 0 unspecified atom stereocenters. The van der Waals surface area contributed by atoms with Gasteiger partial charge in [-0.25, -0.2) is 0 Å². The normalized spacial score (nSPS) is 11.2. The summed E-state index contributed by atoms with van der Waals surface area (Å²) in [5.41, 5.74) is 0.848. The van der Waals surface area contributed by atoms with Crippen LogP contribution >= 0.6 is 15.9 Å². The maximum absolute atomic E-state index is 8.53. The molecule has 62 valence electrons. The van der Waals surface area contributed by atoms with E-state index < -0.39 is 0 Å². The van der Waals surface area contributed by atoms with Crippen LogP contribution in [-0.4, -0.2) is 5.33 Å². The molecule has 0 spiro atoms. The monoisotopic (exact) mass is 215 g/mol. The Morgan fingerprint density at radius 1 is 1.55 bits per heavy atom. The van der Waals surface area contributed by atoms with E-state index in [9.17, 15) is 0 Å². The van der Waals surface area contributed by atoms with Crippen molar-refractivity contribution in [2.75, 3.05) is 5.33 Å². The number of nitrogens with zero attached hydrogens (tertiary/aromatic N) is 1. The van der Waals surface area contributed by atoms with Crippen LogP contribution in [0.25, 0.3) is 0 Å². The molecule has 0 aliphatic heterocycles. The average molecular weight is 216 g/mol. The molecule has 0 aliphatic rings. The number of alkyl halides is 1. The van der Waals surface area contributed by atoms with Crippen molar-refractivity contribution in [3.8, 4) is 6.07 Å². The summed E-state index contributed by atoms with van der Waals surface area (Å²) < 4.78 is 0. The smallest absolute Gasteiger partial charge is 0.0952 e. The third-order valence-electron chi connectivity index (χ3n) is 1.49. The molecule has 0 rings (SSSR count). The topological polar surface area (TPSA) is 23.8 Å². The number of hydrogen-bond donors (Lipinski definition) is 0. The third-order valence-corrected chi connectivity index (χ3v) is 2.09. The molecule has 0 saturated heterocycles. The molecule has 0 radical (unpaired) electrons. The highest BCUT2D eigenvalue weighted by Gasteiger charge is 1.90. The lowest BCUT2D eigenvalue weighted by Gasteiger charge is -1.92. The van der Waals surface area contributed by atoms with Gasteiger partial charge in [0.2, 0.25) is 0 Å². The molecule has 0 heterocycles. The molecule has 0 aromatic rings. The maximum atomic E-state index is 8.53. The minimum atomic E-state index is 0.690. The van der Waals surface area contributed by atoms with Crippen LogP contribution < -0.4 is 0 Å². The number of nitriles is 1. The molecule has 0 amide bonds. The van der Waals surface area contributed by atoms with E-state index in [-0.39, 0.29) is 0 Å². The highest BCUT2D eigenvalue weighted by Crippen LogP contribution is 2.04. The summed E-state index contributed by atoms with van der Waals surface area (Å²) in [7, 11) is 0. The van der Waals surface area contributed by atoms with Crippen molar-refractivity contribution in [1.82, 2.24) is 0 Å². The first-order valence-corrected chi connectivity index (χ1v) is 5.12. The largest absolute Gasteiger partial charge is 0.193 e. The molecule has 1 nitrogen and oxygen atoms in total. The van der Waals surface area contributed by atoms with Crippen molar-refractivity contribution in [3.63, 3.8) is 0 Å². The molecular weight excluding hydrogens is 202 g/mol. The number of rotatable bonds is 5. The van der Waals surface area contributed by atoms with Crippen LogP contribution in [0.4, 0.5) is 0 Å². The van der Waals surface area contributed by atoms with Gasteiger partial charge < -0.3 is 0 Å². The summed E-state index contributed by atoms with van der Waals surface area (Å²) in [6.45, 7) is 2.18. The Labute approximate surface area is 77.2 Å². The predicted octanol–water partition coefficient (Wildman–Crippen LogP) is 3.41. The fourth-order valence-electron chi connectivity index (χ4n) is 0.801. The third kappa shape index (κ3) is 6.12. The molecule has 0 aliphatic carbocycles. The zero-order chi connectivity index (χ0) is 8.53. The van der Waals surface area contributed by atoms with Gasteiger partial charge in [0.05, 0.1) is 6.07 Å². The van der Waals surface area contributed by atoms with E-state index in [0.29, 0.717) is 5.33 Å². The Morgan fingerprint density at radius 3 is 2.73 bits per heavy atom. The summed E-state index contributed by atoms with van der Waals surface area (Å²) in [4.78, 5) is 0. The van der Waals surface area contributed by atoms with Gasteiger partial charge >= 0.3 is 0 Å². The maximum Gasteiger partial charge on any atom is 0.0952 e. The lowest BCUT2D eigenvalue weighted by molar-refractivity contribution is 0.728. The molecule has 0 saturated carbocycles. The minimum absolute atomic E-state index is 0.690. The first-order valence-electron chi connectivity index (χ1n) is 4.00. The standard InChI is InChI=1S/C9H14BrN/c1-2-3-4-5-6-9(7-10)8-11/h6H,2-5,7H2,1H3. The van der Waals surface area contributed by atoms with Crippen molar-refractivity contribution in [2.45, 2.75) is 32.6 Å². The molecular formula is C9H14BrN. The van der Waals surface area contributed by atoms with Gasteiger partial charge in [-0.05, 0) is 12.8 Å². The molecule has 0 bridgehead atoms. The van der Waals surface area contributed by atoms with E-state index in [2.05, 4.69) is 28.9 Å². The van der Waals surface area contributed by atoms with Gasteiger partial charge in [0, 0.05) is 10.9 Å². The van der Waals surface area contributed by atoms with Gasteiger partial charge in [-0.15, -0.1) is 0 Å². The van der Waals surface area contributed by atoms with Crippen LogP contribution in [-0.2, 0) is 0 Å².